The number of hydrogen-bond donors (Lipinski definition) is 0. The van der Waals surface area contributed by atoms with Crippen molar-refractivity contribution in [2.75, 3.05) is 13.4 Å². The molecule has 50 heavy (non-hydrogen) atoms. The third-order valence-corrected chi connectivity index (χ3v) is 9.51. The average Bonchev–Trinajstić information content (AvgIpc) is 3.83. The van der Waals surface area contributed by atoms with Gasteiger partial charge in [0.2, 0.25) is 6.79 Å². The molecule has 0 amide bonds. The molecule has 0 bridgehead atoms. The Morgan fingerprint density at radius 1 is 1.06 bits per heavy atom. The normalized spacial score (nSPS) is 15.6. The molecule has 10 nitrogen and oxygen atoms in total. The molecule has 0 saturated carbocycles. The summed E-state index contributed by atoms with van der Waals surface area (Å²) in [5.41, 5.74) is 0.515. The number of ether oxygens (including phenoxy) is 3. The van der Waals surface area contributed by atoms with Crippen LogP contribution in [0.4, 0.5) is 13.2 Å². The van der Waals surface area contributed by atoms with Crippen molar-refractivity contribution < 1.29 is 36.6 Å². The SMILES string of the molecule is CCCC1=C(C(=O)OCC)[C@@H](c2ccc3c(c2)OCO3)n2c(s/c(=C/c3ccc(Sc4nc(-c5ccccc5)cc(C(F)(F)F)n4)o3)c2=O)=N1. The molecule has 0 saturated heterocycles. The molecule has 0 unspecified atom stereocenters. The fourth-order valence-electron chi connectivity index (χ4n) is 5.58. The van der Waals surface area contributed by atoms with Crippen LogP contribution < -0.4 is 24.4 Å². The van der Waals surface area contributed by atoms with Crippen LogP contribution in [0, 0.1) is 0 Å². The first kappa shape index (κ1) is 33.4. The lowest BCUT2D eigenvalue weighted by Crippen LogP contribution is -2.40. The highest BCUT2D eigenvalue weighted by atomic mass is 32.2. The molecule has 1 atom stereocenters. The molecule has 0 spiro atoms. The van der Waals surface area contributed by atoms with E-state index in [4.69, 9.17) is 23.6 Å². The minimum absolute atomic E-state index is 0.0563. The summed E-state index contributed by atoms with van der Waals surface area (Å²) in [6.07, 6.45) is -1.99. The molecule has 0 N–H and O–H groups in total. The highest BCUT2D eigenvalue weighted by Gasteiger charge is 2.36. The number of halogens is 3. The van der Waals surface area contributed by atoms with Gasteiger partial charge in [0.25, 0.3) is 5.56 Å². The van der Waals surface area contributed by atoms with E-state index in [1.165, 1.54) is 10.6 Å². The smallest absolute Gasteiger partial charge is 0.433 e. The zero-order valence-electron chi connectivity index (χ0n) is 26.5. The van der Waals surface area contributed by atoms with E-state index < -0.39 is 29.4 Å². The van der Waals surface area contributed by atoms with Gasteiger partial charge in [-0.05, 0) is 61.0 Å². The maximum absolute atomic E-state index is 14.1. The number of nitrogens with zero attached hydrogens (tertiary/aromatic N) is 4. The monoisotopic (exact) mass is 720 g/mol. The number of furan rings is 1. The number of aromatic nitrogens is 3. The van der Waals surface area contributed by atoms with E-state index in [-0.39, 0.29) is 45.2 Å². The number of allylic oxidation sites excluding steroid dienone is 1. The first-order valence-electron chi connectivity index (χ1n) is 15.5. The minimum Gasteiger partial charge on any atom is -0.463 e. The van der Waals surface area contributed by atoms with Gasteiger partial charge in [-0.2, -0.15) is 13.2 Å². The van der Waals surface area contributed by atoms with E-state index in [9.17, 15) is 22.8 Å². The summed E-state index contributed by atoms with van der Waals surface area (Å²) in [6.45, 7) is 3.87. The molecule has 7 rings (SSSR count). The summed E-state index contributed by atoms with van der Waals surface area (Å²) in [6, 6.07) is 17.0. The van der Waals surface area contributed by atoms with E-state index in [1.54, 1.807) is 67.6 Å². The molecule has 5 aromatic rings. The van der Waals surface area contributed by atoms with Gasteiger partial charge in [-0.1, -0.05) is 61.1 Å². The fourth-order valence-corrected chi connectivity index (χ4v) is 7.32. The lowest BCUT2D eigenvalue weighted by atomic mass is 9.94. The second-order valence-corrected chi connectivity index (χ2v) is 13.1. The molecular formula is C35H27F3N4O6S2. The van der Waals surface area contributed by atoms with Gasteiger partial charge in [0.15, 0.2) is 26.5 Å². The van der Waals surface area contributed by atoms with Crippen LogP contribution in [0.3, 0.4) is 0 Å². The van der Waals surface area contributed by atoms with Crippen LogP contribution in [0.2, 0.25) is 0 Å². The van der Waals surface area contributed by atoms with Gasteiger partial charge >= 0.3 is 12.1 Å². The zero-order chi connectivity index (χ0) is 35.0. The third kappa shape index (κ3) is 6.57. The van der Waals surface area contributed by atoms with E-state index in [2.05, 4.69) is 9.97 Å². The van der Waals surface area contributed by atoms with Gasteiger partial charge in [0.05, 0.1) is 34.1 Å². The van der Waals surface area contributed by atoms with Crippen molar-refractivity contribution in [3.05, 3.63) is 115 Å². The van der Waals surface area contributed by atoms with Crippen molar-refractivity contribution in [2.45, 2.75) is 49.2 Å². The van der Waals surface area contributed by atoms with Crippen molar-refractivity contribution in [2.24, 2.45) is 4.99 Å². The number of alkyl halides is 3. The summed E-state index contributed by atoms with van der Waals surface area (Å²) in [4.78, 5) is 40.8. The first-order valence-corrected chi connectivity index (χ1v) is 17.2. The topological polar surface area (TPSA) is 118 Å². The van der Waals surface area contributed by atoms with Gasteiger partial charge in [-0.25, -0.2) is 19.8 Å². The molecule has 0 fully saturated rings. The first-order chi connectivity index (χ1) is 24.1. The number of esters is 1. The number of carbonyl (C=O) groups excluding carboxylic acids is 1. The van der Waals surface area contributed by atoms with Gasteiger partial charge < -0.3 is 18.6 Å². The summed E-state index contributed by atoms with van der Waals surface area (Å²) >= 11 is 1.95. The third-order valence-electron chi connectivity index (χ3n) is 7.74. The number of rotatable bonds is 9. The predicted molar refractivity (Wildman–Crippen MR) is 177 cm³/mol. The Kier molecular flexibility index (Phi) is 9.09. The number of benzene rings is 2. The average molecular weight is 721 g/mol. The van der Waals surface area contributed by atoms with Gasteiger partial charge in [0.1, 0.15) is 11.5 Å². The molecule has 15 heteroatoms. The minimum atomic E-state index is -4.69. The van der Waals surface area contributed by atoms with Crippen LogP contribution in [0.5, 0.6) is 11.5 Å². The Morgan fingerprint density at radius 3 is 2.62 bits per heavy atom. The van der Waals surface area contributed by atoms with Gasteiger partial charge in [-0.3, -0.25) is 9.36 Å². The molecule has 2 aliphatic heterocycles. The highest BCUT2D eigenvalue weighted by molar-refractivity contribution is 7.99. The lowest BCUT2D eigenvalue weighted by Gasteiger charge is -2.25. The molecule has 0 radical (unpaired) electrons. The number of hydrogen-bond acceptors (Lipinski definition) is 11. The molecule has 5 heterocycles. The van der Waals surface area contributed by atoms with Gasteiger partial charge in [-0.15, -0.1) is 0 Å². The van der Waals surface area contributed by atoms with E-state index >= 15 is 0 Å². The van der Waals surface area contributed by atoms with E-state index in [0.29, 0.717) is 46.0 Å². The Hall–Kier alpha value is -5.15. The van der Waals surface area contributed by atoms with Gasteiger partial charge in [0, 0.05) is 11.6 Å². The van der Waals surface area contributed by atoms with Crippen molar-refractivity contribution in [1.29, 1.82) is 0 Å². The Labute approximate surface area is 290 Å². The molecule has 0 aliphatic carbocycles. The highest BCUT2D eigenvalue weighted by Crippen LogP contribution is 2.39. The molecular weight excluding hydrogens is 694 g/mol. The van der Waals surface area contributed by atoms with Crippen LogP contribution in [-0.2, 0) is 15.7 Å². The zero-order valence-corrected chi connectivity index (χ0v) is 28.2. The van der Waals surface area contributed by atoms with Crippen LogP contribution in [0.25, 0.3) is 17.3 Å². The Balaban J connectivity index is 1.27. The van der Waals surface area contributed by atoms with Crippen LogP contribution in [-0.4, -0.2) is 33.9 Å². The largest absolute Gasteiger partial charge is 0.463 e. The van der Waals surface area contributed by atoms with Crippen LogP contribution in [0.1, 0.15) is 49.7 Å². The van der Waals surface area contributed by atoms with Crippen LogP contribution in [0.15, 0.2) is 102 Å². The van der Waals surface area contributed by atoms with Crippen molar-refractivity contribution in [3.63, 3.8) is 0 Å². The second kappa shape index (κ2) is 13.6. The lowest BCUT2D eigenvalue weighted by molar-refractivity contribution is -0.141. The summed E-state index contributed by atoms with van der Waals surface area (Å²) in [5, 5.41) is 0.0630. The fraction of sp³-hybridized carbons (Fsp3) is 0.229. The number of carbonyl (C=O) groups is 1. The summed E-state index contributed by atoms with van der Waals surface area (Å²) < 4.78 is 65.4. The standard InChI is InChI=1S/C35H27F3N4O6S2/c1-3-8-22-29(32(44)45-4-2)30(20-11-13-24-25(15-20)47-18-46-24)42-31(43)26(49-34(42)40-22)16-21-12-14-28(48-21)50-33-39-23(19-9-6-5-7-10-19)17-27(41-33)35(36,37)38/h5-7,9-17,30H,3-4,8,18H2,1-2H3/b26-16+/t30-/m1/s1. The number of thiazole rings is 1. The molecule has 3 aromatic heterocycles. The summed E-state index contributed by atoms with van der Waals surface area (Å²) in [5.74, 6) is 0.737. The predicted octanol–water partition coefficient (Wildman–Crippen LogP) is 6.53. The van der Waals surface area contributed by atoms with Crippen LogP contribution >= 0.6 is 23.1 Å². The van der Waals surface area contributed by atoms with E-state index in [0.717, 1.165) is 29.2 Å². The maximum Gasteiger partial charge on any atom is 0.433 e. The molecule has 2 aromatic carbocycles. The van der Waals surface area contributed by atoms with Crippen molar-refractivity contribution >= 4 is 35.1 Å². The Bertz CT molecular complexity index is 2310. The molecule has 2 aliphatic rings. The van der Waals surface area contributed by atoms with Crippen molar-refractivity contribution in [3.8, 4) is 22.8 Å². The summed E-state index contributed by atoms with van der Waals surface area (Å²) in [7, 11) is 0. The number of fused-ring (bicyclic) bond motifs is 2. The maximum atomic E-state index is 14.1. The van der Waals surface area contributed by atoms with E-state index in [1.807, 2.05) is 6.92 Å². The second-order valence-electron chi connectivity index (χ2n) is 11.1. The van der Waals surface area contributed by atoms with Crippen molar-refractivity contribution in [1.82, 2.24) is 14.5 Å². The quantitative estimate of drug-likeness (QED) is 0.124. The molecule has 256 valence electrons. The Morgan fingerprint density at radius 2 is 1.86 bits per heavy atom.